The van der Waals surface area contributed by atoms with E-state index in [1.807, 2.05) is 6.07 Å². The minimum Gasteiger partial charge on any atom is -0.461 e. The van der Waals surface area contributed by atoms with Gasteiger partial charge >= 0.3 is 0 Å². The minimum absolute atomic E-state index is 0.253. The Morgan fingerprint density at radius 2 is 1.74 bits per heavy atom. The van der Waals surface area contributed by atoms with Gasteiger partial charge in [0.15, 0.2) is 5.60 Å². The highest BCUT2D eigenvalue weighted by atomic mass is 19.1. The number of rotatable bonds is 10. The molecule has 0 amide bonds. The summed E-state index contributed by atoms with van der Waals surface area (Å²) in [6.45, 7) is 13.6. The van der Waals surface area contributed by atoms with E-state index in [0.29, 0.717) is 48.9 Å². The largest absolute Gasteiger partial charge is 0.461 e. The third kappa shape index (κ3) is 5.16. The summed E-state index contributed by atoms with van der Waals surface area (Å²) in [5.74, 6) is 0.867. The standard InChI is InChI=1S/C22H28FNO3/c1-16(2)22(25,17(3)4)21-11-10-20(27-21)15-24(12-13-26-5)14-18-6-8-19(23)9-7-18/h6-11,25H,1,3,12-15H2,2,4-5H3. The number of hydrogen-bond donors (Lipinski definition) is 1. The molecular weight excluding hydrogens is 345 g/mol. The predicted molar refractivity (Wildman–Crippen MR) is 105 cm³/mol. The fourth-order valence-corrected chi connectivity index (χ4v) is 2.95. The van der Waals surface area contributed by atoms with Crippen LogP contribution in [0.25, 0.3) is 0 Å². The number of aliphatic hydroxyl groups is 1. The van der Waals surface area contributed by atoms with Crippen LogP contribution in [0.1, 0.15) is 30.9 Å². The lowest BCUT2D eigenvalue weighted by Gasteiger charge is -2.27. The van der Waals surface area contributed by atoms with Crippen LogP contribution < -0.4 is 0 Å². The van der Waals surface area contributed by atoms with Crippen molar-refractivity contribution >= 4 is 0 Å². The van der Waals surface area contributed by atoms with Crippen molar-refractivity contribution in [2.75, 3.05) is 20.3 Å². The molecule has 0 aliphatic rings. The van der Waals surface area contributed by atoms with Crippen molar-refractivity contribution in [3.63, 3.8) is 0 Å². The average Bonchev–Trinajstić information content (AvgIpc) is 3.09. The summed E-state index contributed by atoms with van der Waals surface area (Å²) < 4.78 is 24.3. The van der Waals surface area contributed by atoms with Crippen LogP contribution in [0.3, 0.4) is 0 Å². The summed E-state index contributed by atoms with van der Waals surface area (Å²) in [5, 5.41) is 10.9. The van der Waals surface area contributed by atoms with Crippen molar-refractivity contribution in [1.29, 1.82) is 0 Å². The summed E-state index contributed by atoms with van der Waals surface area (Å²) in [7, 11) is 1.65. The van der Waals surface area contributed by atoms with Crippen molar-refractivity contribution in [2.45, 2.75) is 32.5 Å². The molecule has 0 saturated heterocycles. The molecule has 0 atom stereocenters. The number of hydrogen-bond acceptors (Lipinski definition) is 4. The molecule has 1 heterocycles. The highest BCUT2D eigenvalue weighted by Crippen LogP contribution is 2.35. The Bertz CT molecular complexity index is 765. The number of furan rings is 1. The highest BCUT2D eigenvalue weighted by molar-refractivity contribution is 5.35. The van der Waals surface area contributed by atoms with Gasteiger partial charge in [0.25, 0.3) is 0 Å². The molecule has 1 aromatic carbocycles. The summed E-state index contributed by atoms with van der Waals surface area (Å²) in [5.41, 5.74) is 0.726. The zero-order valence-corrected chi connectivity index (χ0v) is 16.3. The van der Waals surface area contributed by atoms with Crippen molar-refractivity contribution in [3.8, 4) is 0 Å². The molecule has 27 heavy (non-hydrogen) atoms. The summed E-state index contributed by atoms with van der Waals surface area (Å²) in [6, 6.07) is 10.0. The normalized spacial score (nSPS) is 11.8. The topological polar surface area (TPSA) is 45.8 Å². The van der Waals surface area contributed by atoms with E-state index in [1.54, 1.807) is 39.2 Å². The van der Waals surface area contributed by atoms with Gasteiger partial charge in [-0.1, -0.05) is 25.3 Å². The lowest BCUT2D eigenvalue weighted by Crippen LogP contribution is -2.28. The average molecular weight is 373 g/mol. The smallest absolute Gasteiger partial charge is 0.163 e. The third-order valence-corrected chi connectivity index (χ3v) is 4.56. The molecule has 146 valence electrons. The second kappa shape index (κ2) is 9.13. The third-order valence-electron chi connectivity index (χ3n) is 4.56. The number of halogens is 1. The molecule has 4 nitrogen and oxygen atoms in total. The molecule has 2 aromatic rings. The Morgan fingerprint density at radius 1 is 1.11 bits per heavy atom. The summed E-state index contributed by atoms with van der Waals surface area (Å²) >= 11 is 0. The van der Waals surface area contributed by atoms with E-state index in [2.05, 4.69) is 18.1 Å². The molecule has 0 fully saturated rings. The zero-order chi connectivity index (χ0) is 20.0. The Kier molecular flexibility index (Phi) is 7.13. The fourth-order valence-electron chi connectivity index (χ4n) is 2.95. The maximum atomic E-state index is 13.1. The van der Waals surface area contributed by atoms with Gasteiger partial charge in [-0.25, -0.2) is 4.39 Å². The van der Waals surface area contributed by atoms with E-state index in [4.69, 9.17) is 9.15 Å². The molecule has 0 radical (unpaired) electrons. The Labute approximate surface area is 160 Å². The second-order valence-electron chi connectivity index (χ2n) is 6.87. The van der Waals surface area contributed by atoms with Gasteiger partial charge in [-0.15, -0.1) is 0 Å². The molecule has 0 aliphatic carbocycles. The SMILES string of the molecule is C=C(C)C(O)(C(=C)C)c1ccc(CN(CCOC)Cc2ccc(F)cc2)o1. The molecule has 1 N–H and O–H groups in total. The first-order chi connectivity index (χ1) is 12.8. The number of benzene rings is 1. The minimum atomic E-state index is -1.38. The van der Waals surface area contributed by atoms with Gasteiger partial charge in [-0.2, -0.15) is 0 Å². The van der Waals surface area contributed by atoms with Gasteiger partial charge in [0.2, 0.25) is 0 Å². The van der Waals surface area contributed by atoms with E-state index >= 15 is 0 Å². The Morgan fingerprint density at radius 3 is 2.30 bits per heavy atom. The quantitative estimate of drug-likeness (QED) is 0.627. The van der Waals surface area contributed by atoms with Crippen molar-refractivity contribution in [1.82, 2.24) is 4.90 Å². The summed E-state index contributed by atoms with van der Waals surface area (Å²) in [6.07, 6.45) is 0. The maximum absolute atomic E-state index is 13.1. The number of ether oxygens (including phenoxy) is 1. The molecule has 0 saturated carbocycles. The zero-order valence-electron chi connectivity index (χ0n) is 16.3. The number of nitrogens with zero attached hydrogens (tertiary/aromatic N) is 1. The van der Waals surface area contributed by atoms with E-state index < -0.39 is 5.60 Å². The fraction of sp³-hybridized carbons (Fsp3) is 0.364. The van der Waals surface area contributed by atoms with Gasteiger partial charge < -0.3 is 14.3 Å². The first-order valence-corrected chi connectivity index (χ1v) is 8.86. The highest BCUT2D eigenvalue weighted by Gasteiger charge is 2.34. The lowest BCUT2D eigenvalue weighted by atomic mass is 9.87. The van der Waals surface area contributed by atoms with Crippen LogP contribution in [0.15, 0.2) is 65.1 Å². The Balaban J connectivity index is 2.17. The predicted octanol–water partition coefficient (Wildman–Crippen LogP) is 4.41. The first-order valence-electron chi connectivity index (χ1n) is 8.86. The van der Waals surface area contributed by atoms with Crippen LogP contribution in [0.4, 0.5) is 4.39 Å². The maximum Gasteiger partial charge on any atom is 0.163 e. The van der Waals surface area contributed by atoms with E-state index in [0.717, 1.165) is 5.56 Å². The van der Waals surface area contributed by atoms with Gasteiger partial charge in [0.1, 0.15) is 17.3 Å². The van der Waals surface area contributed by atoms with Gasteiger partial charge in [-0.05, 0) is 54.8 Å². The first kappa shape index (κ1) is 21.1. The summed E-state index contributed by atoms with van der Waals surface area (Å²) in [4.78, 5) is 2.14. The molecule has 0 bridgehead atoms. The Hall–Kier alpha value is -2.21. The molecule has 5 heteroatoms. The molecule has 1 aromatic heterocycles. The molecule has 0 aliphatic heterocycles. The number of methoxy groups -OCH3 is 1. The van der Waals surface area contributed by atoms with Gasteiger partial charge in [-0.3, -0.25) is 4.90 Å². The van der Waals surface area contributed by atoms with Crippen LogP contribution in [0.5, 0.6) is 0 Å². The van der Waals surface area contributed by atoms with Crippen LogP contribution in [0, 0.1) is 5.82 Å². The van der Waals surface area contributed by atoms with Crippen LogP contribution >= 0.6 is 0 Å². The van der Waals surface area contributed by atoms with Gasteiger partial charge in [0.05, 0.1) is 13.2 Å². The second-order valence-corrected chi connectivity index (χ2v) is 6.87. The molecule has 0 unspecified atom stereocenters. The van der Waals surface area contributed by atoms with Crippen LogP contribution in [0.2, 0.25) is 0 Å². The lowest BCUT2D eigenvalue weighted by molar-refractivity contribution is 0.0863. The molecule has 2 rings (SSSR count). The van der Waals surface area contributed by atoms with Crippen molar-refractivity contribution in [3.05, 3.63) is 83.6 Å². The molecule has 0 spiro atoms. The van der Waals surface area contributed by atoms with E-state index in [9.17, 15) is 9.50 Å². The molecular formula is C22H28FNO3. The van der Waals surface area contributed by atoms with E-state index in [1.165, 1.54) is 12.1 Å². The monoisotopic (exact) mass is 373 g/mol. The van der Waals surface area contributed by atoms with Crippen molar-refractivity contribution in [2.24, 2.45) is 0 Å². The van der Waals surface area contributed by atoms with Gasteiger partial charge in [0, 0.05) is 20.2 Å². The van der Waals surface area contributed by atoms with Crippen LogP contribution in [-0.4, -0.2) is 30.3 Å². The van der Waals surface area contributed by atoms with Crippen molar-refractivity contribution < 1.29 is 18.7 Å². The van der Waals surface area contributed by atoms with Crippen LogP contribution in [-0.2, 0) is 23.4 Å². The van der Waals surface area contributed by atoms with E-state index in [-0.39, 0.29) is 5.82 Å².